The molecule has 5 nitrogen and oxygen atoms in total. The van der Waals surface area contributed by atoms with Crippen molar-refractivity contribution in [1.82, 2.24) is 0 Å². The molecular weight excluding hydrogens is 302 g/mol. The van der Waals surface area contributed by atoms with Crippen molar-refractivity contribution >= 4 is 23.3 Å². The minimum Gasteiger partial charge on any atom is -0.258 e. The fourth-order valence-electron chi connectivity index (χ4n) is 2.30. The van der Waals surface area contributed by atoms with Gasteiger partial charge in [-0.05, 0) is 30.3 Å². The largest absolute Gasteiger partial charge is 0.278 e. The Morgan fingerprint density at radius 1 is 0.792 bits per heavy atom. The molecular formula is C19H15N3O2. The van der Waals surface area contributed by atoms with Crippen LogP contribution in [0, 0.1) is 10.1 Å². The second kappa shape index (κ2) is 7.19. The lowest BCUT2D eigenvalue weighted by Crippen LogP contribution is -2.09. The zero-order valence-corrected chi connectivity index (χ0v) is 12.8. The van der Waals surface area contributed by atoms with Crippen molar-refractivity contribution in [2.24, 2.45) is 5.10 Å². The van der Waals surface area contributed by atoms with Gasteiger partial charge < -0.3 is 0 Å². The first-order valence-corrected chi connectivity index (χ1v) is 7.43. The highest BCUT2D eigenvalue weighted by Crippen LogP contribution is 2.25. The molecule has 0 heterocycles. The van der Waals surface area contributed by atoms with Crippen molar-refractivity contribution in [3.63, 3.8) is 0 Å². The predicted molar refractivity (Wildman–Crippen MR) is 95.7 cm³/mol. The molecule has 3 rings (SSSR count). The van der Waals surface area contributed by atoms with Crippen LogP contribution in [-0.2, 0) is 0 Å². The van der Waals surface area contributed by atoms with E-state index in [2.05, 4.69) is 5.10 Å². The molecule has 0 unspecified atom stereocenters. The number of rotatable bonds is 5. The van der Waals surface area contributed by atoms with E-state index in [0.717, 1.165) is 11.4 Å². The Morgan fingerprint density at radius 3 is 1.83 bits per heavy atom. The van der Waals surface area contributed by atoms with Gasteiger partial charge in [0.15, 0.2) is 0 Å². The molecule has 3 aromatic carbocycles. The lowest BCUT2D eigenvalue weighted by molar-refractivity contribution is -0.385. The number of benzene rings is 3. The van der Waals surface area contributed by atoms with Gasteiger partial charge in [0.2, 0.25) is 0 Å². The molecule has 0 spiro atoms. The van der Waals surface area contributed by atoms with E-state index in [1.54, 1.807) is 23.2 Å². The molecule has 118 valence electrons. The summed E-state index contributed by atoms with van der Waals surface area (Å²) in [7, 11) is 0. The van der Waals surface area contributed by atoms with Crippen LogP contribution >= 0.6 is 0 Å². The molecule has 0 N–H and O–H groups in total. The number of hydrogen-bond acceptors (Lipinski definition) is 4. The van der Waals surface area contributed by atoms with Gasteiger partial charge in [-0.3, -0.25) is 10.1 Å². The molecule has 0 aliphatic heterocycles. The van der Waals surface area contributed by atoms with Crippen LogP contribution in [0.15, 0.2) is 90.0 Å². The summed E-state index contributed by atoms with van der Waals surface area (Å²) < 4.78 is 0. The Kier molecular flexibility index (Phi) is 4.62. The second-order valence-corrected chi connectivity index (χ2v) is 5.04. The maximum atomic E-state index is 11.1. The molecule has 0 aliphatic carbocycles. The monoisotopic (exact) mass is 317 g/mol. The number of hydrazone groups is 1. The van der Waals surface area contributed by atoms with E-state index in [1.807, 2.05) is 60.7 Å². The molecule has 5 heteroatoms. The average molecular weight is 317 g/mol. The molecule has 0 radical (unpaired) electrons. The quantitative estimate of drug-likeness (QED) is 0.387. The third-order valence-corrected chi connectivity index (χ3v) is 3.45. The first-order chi connectivity index (χ1) is 11.8. The first-order valence-electron chi connectivity index (χ1n) is 7.43. The topological polar surface area (TPSA) is 58.7 Å². The molecule has 0 fully saturated rings. The van der Waals surface area contributed by atoms with Gasteiger partial charge in [0, 0.05) is 6.07 Å². The lowest BCUT2D eigenvalue weighted by Gasteiger charge is -2.19. The lowest BCUT2D eigenvalue weighted by atomic mass is 10.2. The van der Waals surface area contributed by atoms with E-state index in [9.17, 15) is 10.1 Å². The maximum Gasteiger partial charge on any atom is 0.278 e. The van der Waals surface area contributed by atoms with Crippen molar-refractivity contribution < 1.29 is 4.92 Å². The fourth-order valence-corrected chi connectivity index (χ4v) is 2.30. The van der Waals surface area contributed by atoms with Crippen LogP contribution in [0.2, 0.25) is 0 Å². The van der Waals surface area contributed by atoms with Gasteiger partial charge in [0.1, 0.15) is 0 Å². The van der Waals surface area contributed by atoms with Crippen molar-refractivity contribution in [3.05, 3.63) is 101 Å². The smallest absolute Gasteiger partial charge is 0.258 e. The van der Waals surface area contributed by atoms with Crippen LogP contribution in [0.1, 0.15) is 5.56 Å². The molecule has 0 saturated carbocycles. The summed E-state index contributed by atoms with van der Waals surface area (Å²) in [5, 5.41) is 17.4. The van der Waals surface area contributed by atoms with E-state index >= 15 is 0 Å². The Hall–Kier alpha value is -3.47. The van der Waals surface area contributed by atoms with Crippen LogP contribution in [0.3, 0.4) is 0 Å². The highest BCUT2D eigenvalue weighted by atomic mass is 16.6. The summed E-state index contributed by atoms with van der Waals surface area (Å²) in [5.41, 5.74) is 2.23. The molecule has 3 aromatic rings. The summed E-state index contributed by atoms with van der Waals surface area (Å²) >= 11 is 0. The standard InChI is InChI=1S/C19H15N3O2/c23-22(24)19-14-8-7-9-16(19)15-20-21(17-10-3-1-4-11-17)18-12-5-2-6-13-18/h1-15H/b20-15-. The van der Waals surface area contributed by atoms with Crippen LogP contribution in [0.25, 0.3) is 0 Å². The Bertz CT molecular complexity index is 809. The van der Waals surface area contributed by atoms with E-state index in [4.69, 9.17) is 0 Å². The van der Waals surface area contributed by atoms with Gasteiger partial charge in [0.25, 0.3) is 5.69 Å². The highest BCUT2D eigenvalue weighted by Gasteiger charge is 2.12. The Balaban J connectivity index is 2.01. The molecule has 0 aliphatic rings. The van der Waals surface area contributed by atoms with Crippen LogP contribution in [0.5, 0.6) is 0 Å². The number of hydrogen-bond donors (Lipinski definition) is 0. The Morgan fingerprint density at radius 2 is 1.29 bits per heavy atom. The van der Waals surface area contributed by atoms with Crippen molar-refractivity contribution in [1.29, 1.82) is 0 Å². The number of para-hydroxylation sites is 3. The number of nitrogens with zero attached hydrogens (tertiary/aromatic N) is 3. The minimum absolute atomic E-state index is 0.0299. The zero-order valence-electron chi connectivity index (χ0n) is 12.8. The van der Waals surface area contributed by atoms with Crippen molar-refractivity contribution in [3.8, 4) is 0 Å². The van der Waals surface area contributed by atoms with Gasteiger partial charge in [-0.25, -0.2) is 5.01 Å². The normalized spacial score (nSPS) is 10.7. The summed E-state index contributed by atoms with van der Waals surface area (Å²) in [6.07, 6.45) is 1.51. The van der Waals surface area contributed by atoms with Crippen molar-refractivity contribution in [2.45, 2.75) is 0 Å². The zero-order chi connectivity index (χ0) is 16.8. The van der Waals surface area contributed by atoms with E-state index in [0.29, 0.717) is 5.56 Å². The third-order valence-electron chi connectivity index (χ3n) is 3.45. The van der Waals surface area contributed by atoms with E-state index in [1.165, 1.54) is 12.3 Å². The fraction of sp³-hybridized carbons (Fsp3) is 0. The number of anilines is 2. The maximum absolute atomic E-state index is 11.1. The van der Waals surface area contributed by atoms with Crippen LogP contribution in [-0.4, -0.2) is 11.1 Å². The summed E-state index contributed by atoms with van der Waals surface area (Å²) in [4.78, 5) is 10.7. The molecule has 0 bridgehead atoms. The van der Waals surface area contributed by atoms with Crippen molar-refractivity contribution in [2.75, 3.05) is 5.01 Å². The van der Waals surface area contributed by atoms with Crippen LogP contribution < -0.4 is 5.01 Å². The molecule has 0 aromatic heterocycles. The van der Waals surface area contributed by atoms with Gasteiger partial charge in [-0.1, -0.05) is 48.5 Å². The molecule has 0 atom stereocenters. The number of nitro benzene ring substituents is 1. The number of nitro groups is 1. The van der Waals surface area contributed by atoms with Gasteiger partial charge in [0.05, 0.1) is 28.1 Å². The van der Waals surface area contributed by atoms with E-state index < -0.39 is 4.92 Å². The molecule has 24 heavy (non-hydrogen) atoms. The summed E-state index contributed by atoms with van der Waals surface area (Å²) in [6.45, 7) is 0. The second-order valence-electron chi connectivity index (χ2n) is 5.04. The summed E-state index contributed by atoms with van der Waals surface area (Å²) in [6, 6.07) is 25.8. The third kappa shape index (κ3) is 3.47. The SMILES string of the molecule is O=[N+]([O-])c1ccccc1/C=N\N(c1ccccc1)c1ccccc1. The van der Waals surface area contributed by atoms with Gasteiger partial charge in [-0.2, -0.15) is 5.10 Å². The summed E-state index contributed by atoms with van der Waals surface area (Å²) in [5.74, 6) is 0. The average Bonchev–Trinajstić information content (AvgIpc) is 2.64. The molecule has 0 saturated heterocycles. The minimum atomic E-state index is -0.406. The van der Waals surface area contributed by atoms with Gasteiger partial charge >= 0.3 is 0 Å². The first kappa shape index (κ1) is 15.4. The van der Waals surface area contributed by atoms with E-state index in [-0.39, 0.29) is 5.69 Å². The van der Waals surface area contributed by atoms with Crippen LogP contribution in [0.4, 0.5) is 17.1 Å². The highest BCUT2D eigenvalue weighted by molar-refractivity contribution is 5.86. The van der Waals surface area contributed by atoms with Gasteiger partial charge in [-0.15, -0.1) is 0 Å². The predicted octanol–water partition coefficient (Wildman–Crippen LogP) is 4.77. The Labute approximate surface area is 139 Å². The molecule has 0 amide bonds.